The van der Waals surface area contributed by atoms with Crippen molar-refractivity contribution in [3.8, 4) is 0 Å². The Morgan fingerprint density at radius 1 is 1.50 bits per heavy atom. The van der Waals surface area contributed by atoms with E-state index in [0.717, 1.165) is 19.6 Å². The third-order valence-corrected chi connectivity index (χ3v) is 2.44. The maximum atomic E-state index is 11.5. The van der Waals surface area contributed by atoms with E-state index in [0.29, 0.717) is 18.0 Å². The Morgan fingerprint density at radius 3 is 2.69 bits per heavy atom. The van der Waals surface area contributed by atoms with Gasteiger partial charge >= 0.3 is 0 Å². The first kappa shape index (κ1) is 12.7. The van der Waals surface area contributed by atoms with Gasteiger partial charge in [0.1, 0.15) is 5.76 Å². The number of carbonyl (C=O) groups is 1. The summed E-state index contributed by atoms with van der Waals surface area (Å²) >= 11 is 0. The van der Waals surface area contributed by atoms with Crippen molar-refractivity contribution in [3.05, 3.63) is 11.8 Å². The Labute approximate surface area is 95.8 Å². The van der Waals surface area contributed by atoms with Crippen LogP contribution in [0.15, 0.2) is 10.6 Å². The highest BCUT2D eigenvalue weighted by molar-refractivity contribution is 5.89. The molecule has 0 atom stereocenters. The molecule has 0 saturated heterocycles. The summed E-state index contributed by atoms with van der Waals surface area (Å²) < 4.78 is 4.86. The van der Waals surface area contributed by atoms with Crippen LogP contribution in [0.25, 0.3) is 0 Å². The van der Waals surface area contributed by atoms with Crippen LogP contribution in [0.3, 0.4) is 0 Å². The molecule has 1 amide bonds. The molecule has 1 heterocycles. The fourth-order valence-corrected chi connectivity index (χ4v) is 1.43. The second kappa shape index (κ2) is 6.27. The standard InChI is InChI=1S/C11H19N3O2/c1-4-14(5-2)7-6-11(15)12-10-8-9(3)16-13-10/h8H,4-7H2,1-3H3,(H,12,13,15). The highest BCUT2D eigenvalue weighted by Crippen LogP contribution is 2.07. The van der Waals surface area contributed by atoms with Crippen molar-refractivity contribution >= 4 is 11.7 Å². The monoisotopic (exact) mass is 225 g/mol. The van der Waals surface area contributed by atoms with E-state index in [2.05, 4.69) is 29.2 Å². The molecule has 1 aromatic heterocycles. The average molecular weight is 225 g/mol. The van der Waals surface area contributed by atoms with Gasteiger partial charge in [-0.25, -0.2) is 0 Å². The van der Waals surface area contributed by atoms with Gasteiger partial charge in [0, 0.05) is 19.0 Å². The number of rotatable bonds is 6. The summed E-state index contributed by atoms with van der Waals surface area (Å²) in [4.78, 5) is 13.7. The molecule has 0 radical (unpaired) electrons. The van der Waals surface area contributed by atoms with E-state index in [-0.39, 0.29) is 5.91 Å². The van der Waals surface area contributed by atoms with E-state index >= 15 is 0 Å². The predicted octanol–water partition coefficient (Wildman–Crippen LogP) is 1.65. The lowest BCUT2D eigenvalue weighted by Gasteiger charge is -2.16. The van der Waals surface area contributed by atoms with Crippen molar-refractivity contribution in [2.45, 2.75) is 27.2 Å². The lowest BCUT2D eigenvalue weighted by Crippen LogP contribution is -2.27. The van der Waals surface area contributed by atoms with Gasteiger partial charge < -0.3 is 14.7 Å². The van der Waals surface area contributed by atoms with Gasteiger partial charge in [0.2, 0.25) is 5.91 Å². The number of hydrogen-bond donors (Lipinski definition) is 1. The maximum absolute atomic E-state index is 11.5. The number of nitrogens with one attached hydrogen (secondary N) is 1. The van der Waals surface area contributed by atoms with Gasteiger partial charge in [0.25, 0.3) is 0 Å². The summed E-state index contributed by atoms with van der Waals surface area (Å²) in [7, 11) is 0. The number of aryl methyl sites for hydroxylation is 1. The first-order valence-corrected chi connectivity index (χ1v) is 5.61. The van der Waals surface area contributed by atoms with Crippen molar-refractivity contribution < 1.29 is 9.32 Å². The normalized spacial score (nSPS) is 10.8. The zero-order chi connectivity index (χ0) is 12.0. The molecule has 0 spiro atoms. The van der Waals surface area contributed by atoms with E-state index in [4.69, 9.17) is 4.52 Å². The molecule has 1 aromatic rings. The van der Waals surface area contributed by atoms with Gasteiger partial charge in [-0.15, -0.1) is 0 Å². The molecule has 90 valence electrons. The number of amides is 1. The van der Waals surface area contributed by atoms with Crippen LogP contribution in [-0.4, -0.2) is 35.6 Å². The molecule has 0 aliphatic heterocycles. The maximum Gasteiger partial charge on any atom is 0.226 e. The van der Waals surface area contributed by atoms with Crippen LogP contribution >= 0.6 is 0 Å². The molecule has 1 N–H and O–H groups in total. The SMILES string of the molecule is CCN(CC)CCC(=O)Nc1cc(C)on1. The molecule has 0 aromatic carbocycles. The number of carbonyl (C=O) groups excluding carboxylic acids is 1. The van der Waals surface area contributed by atoms with Crippen molar-refractivity contribution in [1.82, 2.24) is 10.1 Å². The molecule has 5 heteroatoms. The molecule has 0 aliphatic rings. The minimum atomic E-state index is -0.0276. The lowest BCUT2D eigenvalue weighted by molar-refractivity contribution is -0.116. The fraction of sp³-hybridized carbons (Fsp3) is 0.636. The minimum Gasteiger partial charge on any atom is -0.360 e. The minimum absolute atomic E-state index is 0.0276. The van der Waals surface area contributed by atoms with Crippen LogP contribution in [-0.2, 0) is 4.79 Å². The second-order valence-corrected chi connectivity index (χ2v) is 3.65. The van der Waals surface area contributed by atoms with Gasteiger partial charge in [0.15, 0.2) is 5.82 Å². The van der Waals surface area contributed by atoms with Gasteiger partial charge in [-0.05, 0) is 20.0 Å². The number of hydrogen-bond acceptors (Lipinski definition) is 4. The molecule has 0 fully saturated rings. The Kier molecular flexibility index (Phi) is 4.98. The van der Waals surface area contributed by atoms with E-state index in [1.807, 2.05) is 0 Å². The van der Waals surface area contributed by atoms with E-state index in [1.165, 1.54) is 0 Å². The van der Waals surface area contributed by atoms with Crippen LogP contribution in [0.1, 0.15) is 26.0 Å². The van der Waals surface area contributed by atoms with Crippen LogP contribution in [0.5, 0.6) is 0 Å². The van der Waals surface area contributed by atoms with Crippen LogP contribution in [0.2, 0.25) is 0 Å². The summed E-state index contributed by atoms with van der Waals surface area (Å²) in [6.07, 6.45) is 0.480. The second-order valence-electron chi connectivity index (χ2n) is 3.65. The molecule has 16 heavy (non-hydrogen) atoms. The highest BCUT2D eigenvalue weighted by Gasteiger charge is 2.07. The van der Waals surface area contributed by atoms with Crippen molar-refractivity contribution in [1.29, 1.82) is 0 Å². The van der Waals surface area contributed by atoms with E-state index < -0.39 is 0 Å². The zero-order valence-corrected chi connectivity index (χ0v) is 10.1. The number of nitrogens with zero attached hydrogens (tertiary/aromatic N) is 2. The third kappa shape index (κ3) is 4.02. The van der Waals surface area contributed by atoms with Gasteiger partial charge in [-0.2, -0.15) is 0 Å². The van der Waals surface area contributed by atoms with Crippen molar-refractivity contribution in [3.63, 3.8) is 0 Å². The molecule has 1 rings (SSSR count). The van der Waals surface area contributed by atoms with Crippen LogP contribution < -0.4 is 5.32 Å². The largest absolute Gasteiger partial charge is 0.360 e. The summed E-state index contributed by atoms with van der Waals surface area (Å²) in [6.45, 7) is 8.67. The Balaban J connectivity index is 2.31. The third-order valence-electron chi connectivity index (χ3n) is 2.44. The molecular formula is C11H19N3O2. The lowest BCUT2D eigenvalue weighted by atomic mass is 10.3. The Morgan fingerprint density at radius 2 is 2.19 bits per heavy atom. The quantitative estimate of drug-likeness (QED) is 0.799. The van der Waals surface area contributed by atoms with Gasteiger partial charge in [0.05, 0.1) is 0 Å². The Hall–Kier alpha value is -1.36. The summed E-state index contributed by atoms with van der Waals surface area (Å²) in [5.74, 6) is 1.15. The first-order valence-electron chi connectivity index (χ1n) is 5.61. The first-order chi connectivity index (χ1) is 7.65. The number of anilines is 1. The van der Waals surface area contributed by atoms with Crippen molar-refractivity contribution in [2.75, 3.05) is 25.0 Å². The van der Waals surface area contributed by atoms with Crippen molar-refractivity contribution in [2.24, 2.45) is 0 Å². The highest BCUT2D eigenvalue weighted by atomic mass is 16.5. The molecule has 0 bridgehead atoms. The van der Waals surface area contributed by atoms with Crippen LogP contribution in [0.4, 0.5) is 5.82 Å². The Bertz CT molecular complexity index is 332. The van der Waals surface area contributed by atoms with Gasteiger partial charge in [-0.3, -0.25) is 4.79 Å². The number of aromatic nitrogens is 1. The summed E-state index contributed by atoms with van der Waals surface area (Å²) in [6, 6.07) is 1.70. The molecule has 0 aliphatic carbocycles. The molecule has 5 nitrogen and oxygen atoms in total. The molecular weight excluding hydrogens is 206 g/mol. The zero-order valence-electron chi connectivity index (χ0n) is 10.1. The predicted molar refractivity (Wildman–Crippen MR) is 62.3 cm³/mol. The van der Waals surface area contributed by atoms with Crippen LogP contribution in [0, 0.1) is 6.92 Å². The molecule has 0 unspecified atom stereocenters. The van der Waals surface area contributed by atoms with Gasteiger partial charge in [-0.1, -0.05) is 19.0 Å². The summed E-state index contributed by atoms with van der Waals surface area (Å²) in [5.41, 5.74) is 0. The topological polar surface area (TPSA) is 58.4 Å². The average Bonchev–Trinajstić information content (AvgIpc) is 2.65. The molecule has 0 saturated carbocycles. The smallest absolute Gasteiger partial charge is 0.226 e. The van der Waals surface area contributed by atoms with E-state index in [9.17, 15) is 4.79 Å². The summed E-state index contributed by atoms with van der Waals surface area (Å²) in [5, 5.41) is 6.40. The fourth-order valence-electron chi connectivity index (χ4n) is 1.43. The van der Waals surface area contributed by atoms with E-state index in [1.54, 1.807) is 13.0 Å².